The van der Waals surface area contributed by atoms with Crippen LogP contribution in [0.2, 0.25) is 0 Å². The molecule has 0 aliphatic heterocycles. The summed E-state index contributed by atoms with van der Waals surface area (Å²) in [7, 11) is 0. The number of rotatable bonds is 4. The predicted molar refractivity (Wildman–Crippen MR) is 79.5 cm³/mol. The monoisotopic (exact) mass is 336 g/mol. The Kier molecular flexibility index (Phi) is 4.34. The molecule has 0 aliphatic rings. The van der Waals surface area contributed by atoms with Gasteiger partial charge in [0, 0.05) is 10.0 Å². The second-order valence-electron chi connectivity index (χ2n) is 4.16. The van der Waals surface area contributed by atoms with Crippen molar-refractivity contribution in [3.8, 4) is 0 Å². The molecule has 0 radical (unpaired) electrons. The standard InChI is InChI=1S/C14H13BrN2O3/c1-3-20-14(19)9(2)7-17-8-16-12-5-4-10(15)6-11(12)13(17)18/h4-6,8H,2-3,7H2,1H3. The van der Waals surface area contributed by atoms with Crippen molar-refractivity contribution in [3.63, 3.8) is 0 Å². The lowest BCUT2D eigenvalue weighted by Gasteiger charge is -2.08. The van der Waals surface area contributed by atoms with E-state index in [1.165, 1.54) is 10.9 Å². The van der Waals surface area contributed by atoms with Crippen molar-refractivity contribution in [1.29, 1.82) is 0 Å². The molecule has 1 aromatic heterocycles. The summed E-state index contributed by atoms with van der Waals surface area (Å²) in [6, 6.07) is 5.27. The Bertz CT molecular complexity index is 737. The fourth-order valence-electron chi connectivity index (χ4n) is 1.75. The highest BCUT2D eigenvalue weighted by molar-refractivity contribution is 9.10. The van der Waals surface area contributed by atoms with Gasteiger partial charge in [-0.1, -0.05) is 22.5 Å². The molecule has 1 heterocycles. The van der Waals surface area contributed by atoms with Crippen molar-refractivity contribution >= 4 is 32.8 Å². The first-order valence-corrected chi connectivity index (χ1v) is 6.82. The van der Waals surface area contributed by atoms with E-state index in [0.29, 0.717) is 10.9 Å². The Morgan fingerprint density at radius 2 is 2.25 bits per heavy atom. The molecular weight excluding hydrogens is 324 g/mol. The second-order valence-corrected chi connectivity index (χ2v) is 5.08. The number of fused-ring (bicyclic) bond motifs is 1. The lowest BCUT2D eigenvalue weighted by molar-refractivity contribution is -0.138. The molecular formula is C14H13BrN2O3. The van der Waals surface area contributed by atoms with Gasteiger partial charge in [0.2, 0.25) is 0 Å². The molecule has 0 aliphatic carbocycles. The molecule has 0 N–H and O–H groups in total. The Labute approximate surface area is 124 Å². The summed E-state index contributed by atoms with van der Waals surface area (Å²) in [5, 5.41) is 0.485. The first-order valence-electron chi connectivity index (χ1n) is 6.02. The molecule has 0 fully saturated rings. The molecule has 0 bridgehead atoms. The minimum Gasteiger partial charge on any atom is -0.463 e. The van der Waals surface area contributed by atoms with E-state index in [0.717, 1.165) is 4.47 Å². The van der Waals surface area contributed by atoms with Crippen LogP contribution in [-0.2, 0) is 16.1 Å². The number of halogens is 1. The summed E-state index contributed by atoms with van der Waals surface area (Å²) in [4.78, 5) is 28.0. The summed E-state index contributed by atoms with van der Waals surface area (Å²) in [6.07, 6.45) is 1.41. The maximum absolute atomic E-state index is 12.3. The average molecular weight is 337 g/mol. The Morgan fingerprint density at radius 3 is 2.95 bits per heavy atom. The molecule has 20 heavy (non-hydrogen) atoms. The number of carbonyl (C=O) groups is 1. The van der Waals surface area contributed by atoms with Crippen LogP contribution in [-0.4, -0.2) is 22.1 Å². The number of benzene rings is 1. The van der Waals surface area contributed by atoms with Crippen LogP contribution < -0.4 is 5.56 Å². The van der Waals surface area contributed by atoms with Gasteiger partial charge in [-0.3, -0.25) is 9.36 Å². The normalized spacial score (nSPS) is 10.5. The van der Waals surface area contributed by atoms with Crippen LogP contribution in [0.3, 0.4) is 0 Å². The van der Waals surface area contributed by atoms with Gasteiger partial charge in [0.1, 0.15) is 0 Å². The van der Waals surface area contributed by atoms with Crippen molar-refractivity contribution < 1.29 is 9.53 Å². The molecule has 0 atom stereocenters. The van der Waals surface area contributed by atoms with E-state index in [9.17, 15) is 9.59 Å². The van der Waals surface area contributed by atoms with Crippen molar-refractivity contribution in [2.45, 2.75) is 13.5 Å². The van der Waals surface area contributed by atoms with Gasteiger partial charge in [-0.25, -0.2) is 9.78 Å². The van der Waals surface area contributed by atoms with Gasteiger partial charge in [-0.2, -0.15) is 0 Å². The Hall–Kier alpha value is -1.95. The summed E-state index contributed by atoms with van der Waals surface area (Å²) >= 11 is 3.32. The molecule has 0 amide bonds. The highest BCUT2D eigenvalue weighted by Gasteiger charge is 2.11. The van der Waals surface area contributed by atoms with Gasteiger partial charge in [-0.05, 0) is 25.1 Å². The molecule has 104 valence electrons. The fraction of sp³-hybridized carbons (Fsp3) is 0.214. The number of esters is 1. The molecule has 2 rings (SSSR count). The van der Waals surface area contributed by atoms with Crippen LogP contribution in [0.25, 0.3) is 10.9 Å². The molecule has 0 unspecified atom stereocenters. The minimum atomic E-state index is -0.506. The van der Waals surface area contributed by atoms with Gasteiger partial charge in [0.15, 0.2) is 0 Å². The van der Waals surface area contributed by atoms with Crippen molar-refractivity contribution in [1.82, 2.24) is 9.55 Å². The smallest absolute Gasteiger partial charge is 0.335 e. The number of hydrogen-bond donors (Lipinski definition) is 0. The zero-order chi connectivity index (χ0) is 14.7. The summed E-state index contributed by atoms with van der Waals surface area (Å²) in [5.74, 6) is -0.506. The quantitative estimate of drug-likeness (QED) is 0.634. The van der Waals surface area contributed by atoms with Gasteiger partial charge in [0.25, 0.3) is 5.56 Å². The number of hydrogen-bond acceptors (Lipinski definition) is 4. The zero-order valence-electron chi connectivity index (χ0n) is 10.9. The van der Waals surface area contributed by atoms with E-state index in [2.05, 4.69) is 27.5 Å². The minimum absolute atomic E-state index is 0.0626. The molecule has 0 spiro atoms. The SMILES string of the molecule is C=C(Cn1cnc2ccc(Br)cc2c1=O)C(=O)OCC. The number of nitrogens with zero attached hydrogens (tertiary/aromatic N) is 2. The number of ether oxygens (including phenoxy) is 1. The lowest BCUT2D eigenvalue weighted by Crippen LogP contribution is -2.23. The van der Waals surface area contributed by atoms with Crippen LogP contribution in [0.1, 0.15) is 6.92 Å². The van der Waals surface area contributed by atoms with E-state index in [-0.39, 0.29) is 24.3 Å². The predicted octanol–water partition coefficient (Wildman–Crippen LogP) is 2.28. The summed E-state index contributed by atoms with van der Waals surface area (Å²) < 4.78 is 6.98. The van der Waals surface area contributed by atoms with Gasteiger partial charge in [-0.15, -0.1) is 0 Å². The van der Waals surface area contributed by atoms with E-state index in [1.54, 1.807) is 19.1 Å². The zero-order valence-corrected chi connectivity index (χ0v) is 12.5. The molecule has 2 aromatic rings. The van der Waals surface area contributed by atoms with Crippen molar-refractivity contribution in [3.05, 3.63) is 51.5 Å². The van der Waals surface area contributed by atoms with E-state index in [1.807, 2.05) is 6.07 Å². The lowest BCUT2D eigenvalue weighted by atomic mass is 10.2. The largest absolute Gasteiger partial charge is 0.463 e. The first kappa shape index (κ1) is 14.5. The van der Waals surface area contributed by atoms with Crippen LogP contribution >= 0.6 is 15.9 Å². The number of aromatic nitrogens is 2. The van der Waals surface area contributed by atoms with Crippen molar-refractivity contribution in [2.24, 2.45) is 0 Å². The van der Waals surface area contributed by atoms with Crippen LogP contribution in [0.5, 0.6) is 0 Å². The third-order valence-corrected chi connectivity index (χ3v) is 3.20. The third-order valence-electron chi connectivity index (χ3n) is 2.71. The van der Waals surface area contributed by atoms with E-state index >= 15 is 0 Å². The van der Waals surface area contributed by atoms with Crippen LogP contribution in [0, 0.1) is 0 Å². The summed E-state index contributed by atoms with van der Waals surface area (Å²) in [5.41, 5.74) is 0.600. The second kappa shape index (κ2) is 6.00. The topological polar surface area (TPSA) is 61.2 Å². The van der Waals surface area contributed by atoms with Gasteiger partial charge < -0.3 is 4.74 Å². The molecule has 6 heteroatoms. The maximum atomic E-state index is 12.3. The molecule has 0 saturated carbocycles. The molecule has 1 aromatic carbocycles. The van der Waals surface area contributed by atoms with Gasteiger partial charge >= 0.3 is 5.97 Å². The fourth-order valence-corrected chi connectivity index (χ4v) is 2.11. The van der Waals surface area contributed by atoms with Crippen molar-refractivity contribution in [2.75, 3.05) is 6.61 Å². The van der Waals surface area contributed by atoms with Gasteiger partial charge in [0.05, 0.1) is 30.4 Å². The van der Waals surface area contributed by atoms with E-state index < -0.39 is 5.97 Å². The molecule has 0 saturated heterocycles. The van der Waals surface area contributed by atoms with Crippen LogP contribution in [0.15, 0.2) is 45.9 Å². The highest BCUT2D eigenvalue weighted by atomic mass is 79.9. The third kappa shape index (κ3) is 2.96. The average Bonchev–Trinajstić information content (AvgIpc) is 2.42. The van der Waals surface area contributed by atoms with Crippen LogP contribution in [0.4, 0.5) is 0 Å². The Balaban J connectivity index is 2.36. The Morgan fingerprint density at radius 1 is 1.50 bits per heavy atom. The van der Waals surface area contributed by atoms with E-state index in [4.69, 9.17) is 4.74 Å². The molecule has 5 nitrogen and oxygen atoms in total. The first-order chi connectivity index (χ1) is 9.52. The highest BCUT2D eigenvalue weighted by Crippen LogP contribution is 2.15. The summed E-state index contributed by atoms with van der Waals surface area (Å²) in [6.45, 7) is 5.69. The number of carbonyl (C=O) groups excluding carboxylic acids is 1. The maximum Gasteiger partial charge on any atom is 0.335 e.